The first-order chi connectivity index (χ1) is 12.0. The van der Waals surface area contributed by atoms with Gasteiger partial charge in [-0.25, -0.2) is 9.97 Å². The third kappa shape index (κ3) is 3.96. The van der Waals surface area contributed by atoms with E-state index in [1.165, 1.54) is 6.33 Å². The molecule has 0 unspecified atom stereocenters. The zero-order chi connectivity index (χ0) is 17.8. The van der Waals surface area contributed by atoms with Crippen LogP contribution in [0.25, 0.3) is 10.9 Å². The average molecular weight is 336 g/mol. The molecule has 0 aliphatic rings. The van der Waals surface area contributed by atoms with Crippen LogP contribution in [0, 0.1) is 12.8 Å². The highest BCUT2D eigenvalue weighted by Gasteiger charge is 2.10. The van der Waals surface area contributed by atoms with Gasteiger partial charge in [-0.1, -0.05) is 32.0 Å². The van der Waals surface area contributed by atoms with Crippen LogP contribution in [0.3, 0.4) is 0 Å². The summed E-state index contributed by atoms with van der Waals surface area (Å²) in [5.74, 6) is 1.86. The Hall–Kier alpha value is -2.89. The molecule has 6 nitrogen and oxygen atoms in total. The average Bonchev–Trinajstić information content (AvgIpc) is 2.58. The van der Waals surface area contributed by atoms with Gasteiger partial charge in [0.1, 0.15) is 12.0 Å². The van der Waals surface area contributed by atoms with Crippen molar-refractivity contribution in [3.8, 4) is 0 Å². The second-order valence-electron chi connectivity index (χ2n) is 6.55. The lowest BCUT2D eigenvalue weighted by molar-refractivity contribution is 0.606. The summed E-state index contributed by atoms with van der Waals surface area (Å²) in [5, 5.41) is 7.66. The molecule has 4 N–H and O–H groups in total. The smallest absolute Gasteiger partial charge is 0.159 e. The third-order valence-electron chi connectivity index (χ3n) is 4.01. The molecular formula is C19H24N6. The van der Waals surface area contributed by atoms with Crippen LogP contribution in [0.2, 0.25) is 0 Å². The molecule has 0 fully saturated rings. The van der Waals surface area contributed by atoms with Gasteiger partial charge >= 0.3 is 0 Å². The molecule has 2 aromatic heterocycles. The summed E-state index contributed by atoms with van der Waals surface area (Å²) in [7, 11) is 0. The summed E-state index contributed by atoms with van der Waals surface area (Å²) in [5.41, 5.74) is 9.50. The van der Waals surface area contributed by atoms with Crippen LogP contribution < -0.4 is 16.4 Å². The molecule has 3 rings (SSSR count). The van der Waals surface area contributed by atoms with E-state index in [-0.39, 0.29) is 0 Å². The third-order valence-corrected chi connectivity index (χ3v) is 4.01. The van der Waals surface area contributed by atoms with Gasteiger partial charge in [-0.2, -0.15) is 0 Å². The topological polar surface area (TPSA) is 88.8 Å². The van der Waals surface area contributed by atoms with Gasteiger partial charge in [0, 0.05) is 17.6 Å². The molecule has 0 spiro atoms. The number of nitrogens with one attached hydrogen (secondary N) is 2. The molecule has 0 amide bonds. The summed E-state index contributed by atoms with van der Waals surface area (Å²) in [6.07, 6.45) is 2.57. The fourth-order valence-corrected chi connectivity index (χ4v) is 2.59. The standard InChI is InChI=1S/C19H24N6/c1-12(2)9-10-21-18-16(20)19(23-11-22-18)25-15-6-4-5-14-8-7-13(3)24-17(14)15/h4-8,11-12H,9-10,20H2,1-3H3,(H2,21,22,23,25). The molecule has 0 saturated heterocycles. The van der Waals surface area contributed by atoms with Gasteiger partial charge in [-0.3, -0.25) is 4.98 Å². The van der Waals surface area contributed by atoms with Crippen molar-refractivity contribution in [1.82, 2.24) is 15.0 Å². The Kier molecular flexibility index (Phi) is 4.97. The number of anilines is 4. The lowest BCUT2D eigenvalue weighted by Crippen LogP contribution is -2.10. The zero-order valence-electron chi connectivity index (χ0n) is 14.9. The molecular weight excluding hydrogens is 312 g/mol. The maximum Gasteiger partial charge on any atom is 0.159 e. The van der Waals surface area contributed by atoms with Gasteiger partial charge < -0.3 is 16.4 Å². The minimum Gasteiger partial charge on any atom is -0.393 e. The van der Waals surface area contributed by atoms with E-state index in [9.17, 15) is 0 Å². The number of para-hydroxylation sites is 1. The van der Waals surface area contributed by atoms with Crippen LogP contribution in [-0.2, 0) is 0 Å². The Morgan fingerprint density at radius 2 is 1.88 bits per heavy atom. The number of hydrogen-bond acceptors (Lipinski definition) is 6. The largest absolute Gasteiger partial charge is 0.393 e. The van der Waals surface area contributed by atoms with Crippen molar-refractivity contribution in [1.29, 1.82) is 0 Å². The Labute approximate surface area is 147 Å². The number of fused-ring (bicyclic) bond motifs is 1. The van der Waals surface area contributed by atoms with Crippen LogP contribution >= 0.6 is 0 Å². The molecule has 2 heterocycles. The molecule has 0 aliphatic carbocycles. The number of aromatic nitrogens is 3. The molecule has 3 aromatic rings. The van der Waals surface area contributed by atoms with Gasteiger partial charge in [0.05, 0.1) is 11.2 Å². The van der Waals surface area contributed by atoms with Gasteiger partial charge in [-0.15, -0.1) is 0 Å². The first-order valence-electron chi connectivity index (χ1n) is 8.52. The van der Waals surface area contributed by atoms with Gasteiger partial charge in [0.15, 0.2) is 11.6 Å². The summed E-state index contributed by atoms with van der Waals surface area (Å²) in [4.78, 5) is 13.2. The summed E-state index contributed by atoms with van der Waals surface area (Å²) in [6.45, 7) is 7.18. The Morgan fingerprint density at radius 1 is 1.08 bits per heavy atom. The molecule has 0 saturated carbocycles. The van der Waals surface area contributed by atoms with Crippen molar-refractivity contribution in [2.75, 3.05) is 22.9 Å². The van der Waals surface area contributed by atoms with E-state index < -0.39 is 0 Å². The van der Waals surface area contributed by atoms with Crippen LogP contribution in [0.5, 0.6) is 0 Å². The summed E-state index contributed by atoms with van der Waals surface area (Å²) < 4.78 is 0. The molecule has 130 valence electrons. The molecule has 1 aromatic carbocycles. The number of rotatable bonds is 6. The fourth-order valence-electron chi connectivity index (χ4n) is 2.59. The second kappa shape index (κ2) is 7.34. The van der Waals surface area contributed by atoms with Crippen LogP contribution in [0.15, 0.2) is 36.7 Å². The normalized spacial score (nSPS) is 11.0. The minimum atomic E-state index is 0.510. The minimum absolute atomic E-state index is 0.510. The van der Waals surface area contributed by atoms with E-state index >= 15 is 0 Å². The van der Waals surface area contributed by atoms with E-state index in [1.54, 1.807) is 0 Å². The van der Waals surface area contributed by atoms with Crippen molar-refractivity contribution >= 4 is 33.9 Å². The van der Waals surface area contributed by atoms with Crippen molar-refractivity contribution in [3.05, 3.63) is 42.4 Å². The molecule has 0 aliphatic heterocycles. The summed E-state index contributed by atoms with van der Waals surface area (Å²) in [6, 6.07) is 10.1. The number of hydrogen-bond donors (Lipinski definition) is 3. The highest BCUT2D eigenvalue weighted by Crippen LogP contribution is 2.29. The van der Waals surface area contributed by atoms with E-state index in [1.807, 2.05) is 31.2 Å². The first kappa shape index (κ1) is 17.0. The lowest BCUT2D eigenvalue weighted by Gasteiger charge is -2.14. The maximum atomic E-state index is 6.25. The Bertz CT molecular complexity index is 875. The van der Waals surface area contributed by atoms with Crippen LogP contribution in [-0.4, -0.2) is 21.5 Å². The molecule has 0 bridgehead atoms. The molecule has 6 heteroatoms. The summed E-state index contributed by atoms with van der Waals surface area (Å²) >= 11 is 0. The monoisotopic (exact) mass is 336 g/mol. The van der Waals surface area contributed by atoms with E-state index in [0.29, 0.717) is 23.2 Å². The van der Waals surface area contributed by atoms with Gasteiger partial charge in [-0.05, 0) is 31.4 Å². The highest BCUT2D eigenvalue weighted by atomic mass is 15.1. The molecule has 0 atom stereocenters. The van der Waals surface area contributed by atoms with E-state index in [4.69, 9.17) is 5.73 Å². The predicted octanol–water partition coefficient (Wildman–Crippen LogP) is 4.12. The van der Waals surface area contributed by atoms with Crippen LogP contribution in [0.1, 0.15) is 26.0 Å². The zero-order valence-corrected chi connectivity index (χ0v) is 14.9. The number of nitrogen functional groups attached to an aromatic ring is 1. The quantitative estimate of drug-likeness (QED) is 0.627. The maximum absolute atomic E-state index is 6.25. The second-order valence-corrected chi connectivity index (χ2v) is 6.55. The fraction of sp³-hybridized carbons (Fsp3) is 0.316. The lowest BCUT2D eigenvalue weighted by atomic mass is 10.1. The van der Waals surface area contributed by atoms with E-state index in [0.717, 1.165) is 35.2 Å². The first-order valence-corrected chi connectivity index (χ1v) is 8.52. The molecule has 25 heavy (non-hydrogen) atoms. The van der Waals surface area contributed by atoms with Crippen molar-refractivity contribution < 1.29 is 0 Å². The Balaban J connectivity index is 1.87. The predicted molar refractivity (Wildman–Crippen MR) is 104 cm³/mol. The van der Waals surface area contributed by atoms with Crippen LogP contribution in [0.4, 0.5) is 23.0 Å². The number of nitrogens with two attached hydrogens (primary N) is 1. The Morgan fingerprint density at radius 3 is 2.68 bits per heavy atom. The van der Waals surface area contributed by atoms with Crippen molar-refractivity contribution in [2.24, 2.45) is 5.92 Å². The number of benzene rings is 1. The van der Waals surface area contributed by atoms with E-state index in [2.05, 4.69) is 45.5 Å². The number of pyridine rings is 1. The van der Waals surface area contributed by atoms with Gasteiger partial charge in [0.2, 0.25) is 0 Å². The van der Waals surface area contributed by atoms with Crippen molar-refractivity contribution in [3.63, 3.8) is 0 Å². The SMILES string of the molecule is Cc1ccc2cccc(Nc3ncnc(NCCC(C)C)c3N)c2n1. The van der Waals surface area contributed by atoms with Crippen molar-refractivity contribution in [2.45, 2.75) is 27.2 Å². The van der Waals surface area contributed by atoms with Gasteiger partial charge in [0.25, 0.3) is 0 Å². The highest BCUT2D eigenvalue weighted by molar-refractivity contribution is 5.93. The number of nitrogens with zero attached hydrogens (tertiary/aromatic N) is 3. The molecule has 0 radical (unpaired) electrons. The number of aryl methyl sites for hydroxylation is 1.